The quantitative estimate of drug-likeness (QED) is 0.223. The Hall–Kier alpha value is -4.20. The van der Waals surface area contributed by atoms with Crippen molar-refractivity contribution >= 4 is 46.7 Å². The van der Waals surface area contributed by atoms with Crippen molar-refractivity contribution in [3.05, 3.63) is 106 Å². The maximum absolute atomic E-state index is 13.2. The van der Waals surface area contributed by atoms with Crippen LogP contribution in [-0.4, -0.2) is 35.9 Å². The fraction of sp³-hybridized carbons (Fsp3) is 0.133. The monoisotopic (exact) mass is 561 g/mol. The molecule has 39 heavy (non-hydrogen) atoms. The predicted octanol–water partition coefficient (Wildman–Crippen LogP) is 6.66. The number of nitrogens with one attached hydrogen (secondary N) is 2. The zero-order valence-corrected chi connectivity index (χ0v) is 22.6. The second-order valence-electron chi connectivity index (χ2n) is 8.47. The first-order valence-corrected chi connectivity index (χ1v) is 13.0. The normalized spacial score (nSPS) is 10.5. The molecule has 0 spiro atoms. The number of anilines is 1. The molecule has 4 aromatic rings. The van der Waals surface area contributed by atoms with Crippen LogP contribution in [0.25, 0.3) is 22.3 Å². The molecule has 2 N–H and O–H groups in total. The number of ether oxygens (including phenoxy) is 1. The molecule has 0 radical (unpaired) electrons. The van der Waals surface area contributed by atoms with Crippen molar-refractivity contribution < 1.29 is 19.1 Å². The highest BCUT2D eigenvalue weighted by Crippen LogP contribution is 2.28. The van der Waals surface area contributed by atoms with Crippen LogP contribution in [-0.2, 0) is 9.53 Å². The number of nitrogens with zero attached hydrogens (tertiary/aromatic N) is 1. The van der Waals surface area contributed by atoms with Gasteiger partial charge in [0, 0.05) is 39.6 Å². The number of carbonyl (C=O) groups is 3. The Bertz CT molecular complexity index is 1470. The van der Waals surface area contributed by atoms with E-state index in [4.69, 9.17) is 27.9 Å². The number of hydrogen-bond acceptors (Lipinski definition) is 5. The predicted molar refractivity (Wildman–Crippen MR) is 153 cm³/mol. The minimum Gasteiger partial charge on any atom is -0.466 e. The molecule has 0 fully saturated rings. The van der Waals surface area contributed by atoms with Gasteiger partial charge in [-0.1, -0.05) is 53.5 Å². The lowest BCUT2D eigenvalue weighted by Gasteiger charge is -2.12. The van der Waals surface area contributed by atoms with E-state index in [1.807, 2.05) is 48.5 Å². The highest BCUT2D eigenvalue weighted by molar-refractivity contribution is 6.31. The van der Waals surface area contributed by atoms with E-state index in [0.29, 0.717) is 32.4 Å². The van der Waals surface area contributed by atoms with Crippen LogP contribution < -0.4 is 10.6 Å². The summed E-state index contributed by atoms with van der Waals surface area (Å²) in [5, 5.41) is 6.68. The smallest absolute Gasteiger partial charge is 0.307 e. The molecular weight excluding hydrogens is 537 g/mol. The third-order valence-corrected chi connectivity index (χ3v) is 6.26. The Balaban J connectivity index is 1.46. The van der Waals surface area contributed by atoms with E-state index < -0.39 is 5.91 Å². The fourth-order valence-corrected chi connectivity index (χ4v) is 4.13. The first kappa shape index (κ1) is 27.8. The van der Waals surface area contributed by atoms with E-state index in [1.165, 1.54) is 6.20 Å². The van der Waals surface area contributed by atoms with Crippen LogP contribution in [0.1, 0.15) is 34.2 Å². The molecule has 3 aromatic carbocycles. The molecule has 0 aliphatic rings. The molecule has 7 nitrogen and oxygen atoms in total. The summed E-state index contributed by atoms with van der Waals surface area (Å²) in [4.78, 5) is 41.3. The van der Waals surface area contributed by atoms with E-state index in [9.17, 15) is 14.4 Å². The first-order chi connectivity index (χ1) is 18.8. The average molecular weight is 562 g/mol. The van der Waals surface area contributed by atoms with Gasteiger partial charge >= 0.3 is 5.97 Å². The molecule has 0 saturated carbocycles. The minimum atomic E-state index is -0.419. The summed E-state index contributed by atoms with van der Waals surface area (Å²) in [6.45, 7) is 2.15. The van der Waals surface area contributed by atoms with Gasteiger partial charge in [-0.15, -0.1) is 0 Å². The van der Waals surface area contributed by atoms with E-state index >= 15 is 0 Å². The Morgan fingerprint density at radius 2 is 1.44 bits per heavy atom. The molecule has 0 aliphatic carbocycles. The third kappa shape index (κ3) is 7.44. The van der Waals surface area contributed by atoms with Crippen molar-refractivity contribution in [2.45, 2.75) is 13.3 Å². The molecular formula is C30H25Cl2N3O4. The standard InChI is InChI=1S/C30H25Cl2N3O4/c1-2-39-28(36)15-16-33-30(38)27-14-7-21(18-34-27)26-17-23(32)10-13-25(26)29(37)35-24-11-5-20(6-12-24)19-3-8-22(31)9-4-19/h3-14,17-18H,2,15-16H2,1H3,(H,33,38)(H,35,37). The van der Waals surface area contributed by atoms with Crippen LogP contribution in [0.15, 0.2) is 85.1 Å². The van der Waals surface area contributed by atoms with E-state index in [2.05, 4.69) is 15.6 Å². The fourth-order valence-electron chi connectivity index (χ4n) is 3.83. The van der Waals surface area contributed by atoms with E-state index in [-0.39, 0.29) is 37.1 Å². The van der Waals surface area contributed by atoms with Gasteiger partial charge in [-0.25, -0.2) is 0 Å². The lowest BCUT2D eigenvalue weighted by atomic mass is 10.00. The van der Waals surface area contributed by atoms with Gasteiger partial charge in [0.25, 0.3) is 11.8 Å². The summed E-state index contributed by atoms with van der Waals surface area (Å²) in [5.41, 5.74) is 4.40. The minimum absolute atomic E-state index is 0.0719. The Morgan fingerprint density at radius 3 is 2.08 bits per heavy atom. The number of hydrogen-bond donors (Lipinski definition) is 2. The van der Waals surface area contributed by atoms with Crippen molar-refractivity contribution in [1.82, 2.24) is 10.3 Å². The summed E-state index contributed by atoms with van der Waals surface area (Å²) in [6.07, 6.45) is 1.58. The maximum atomic E-state index is 13.2. The molecule has 0 unspecified atom stereocenters. The highest BCUT2D eigenvalue weighted by atomic mass is 35.5. The number of rotatable bonds is 9. The van der Waals surface area contributed by atoms with Crippen molar-refractivity contribution in [2.24, 2.45) is 0 Å². The highest BCUT2D eigenvalue weighted by Gasteiger charge is 2.16. The van der Waals surface area contributed by atoms with Gasteiger partial charge in [-0.3, -0.25) is 19.4 Å². The second kappa shape index (κ2) is 13.0. The lowest BCUT2D eigenvalue weighted by molar-refractivity contribution is -0.142. The molecule has 198 valence electrons. The summed E-state index contributed by atoms with van der Waals surface area (Å²) in [5.74, 6) is -1.12. The number of aromatic nitrogens is 1. The summed E-state index contributed by atoms with van der Waals surface area (Å²) >= 11 is 12.2. The van der Waals surface area contributed by atoms with Crippen LogP contribution in [0, 0.1) is 0 Å². The van der Waals surface area contributed by atoms with Crippen molar-refractivity contribution in [3.63, 3.8) is 0 Å². The molecule has 0 aliphatic heterocycles. The molecule has 4 rings (SSSR count). The zero-order chi connectivity index (χ0) is 27.8. The molecule has 0 saturated heterocycles. The summed E-state index contributed by atoms with van der Waals surface area (Å²) < 4.78 is 4.85. The van der Waals surface area contributed by atoms with Crippen LogP contribution in [0.5, 0.6) is 0 Å². The summed E-state index contributed by atoms with van der Waals surface area (Å²) in [7, 11) is 0. The topological polar surface area (TPSA) is 97.4 Å². The van der Waals surface area contributed by atoms with Gasteiger partial charge < -0.3 is 15.4 Å². The number of carbonyl (C=O) groups excluding carboxylic acids is 3. The molecule has 0 atom stereocenters. The van der Waals surface area contributed by atoms with Crippen LogP contribution >= 0.6 is 23.2 Å². The van der Waals surface area contributed by atoms with Crippen LogP contribution in [0.3, 0.4) is 0 Å². The van der Waals surface area contributed by atoms with Gasteiger partial charge in [0.15, 0.2) is 0 Å². The molecule has 1 aromatic heterocycles. The van der Waals surface area contributed by atoms with Crippen molar-refractivity contribution in [3.8, 4) is 22.3 Å². The first-order valence-electron chi connectivity index (χ1n) is 12.2. The number of benzene rings is 3. The largest absolute Gasteiger partial charge is 0.466 e. The molecule has 0 bridgehead atoms. The van der Waals surface area contributed by atoms with Crippen molar-refractivity contribution in [2.75, 3.05) is 18.5 Å². The van der Waals surface area contributed by atoms with Crippen molar-refractivity contribution in [1.29, 1.82) is 0 Å². The third-order valence-electron chi connectivity index (χ3n) is 5.77. The number of halogens is 2. The average Bonchev–Trinajstić information content (AvgIpc) is 2.94. The van der Waals surface area contributed by atoms with Gasteiger partial charge in [-0.2, -0.15) is 0 Å². The van der Waals surface area contributed by atoms with E-state index in [1.54, 1.807) is 37.3 Å². The van der Waals surface area contributed by atoms with Crippen LogP contribution in [0.2, 0.25) is 10.0 Å². The van der Waals surface area contributed by atoms with Crippen LogP contribution in [0.4, 0.5) is 5.69 Å². The number of esters is 1. The Labute approximate surface area is 236 Å². The second-order valence-corrected chi connectivity index (χ2v) is 9.34. The van der Waals surface area contributed by atoms with E-state index in [0.717, 1.165) is 11.1 Å². The summed E-state index contributed by atoms with van der Waals surface area (Å²) in [6, 6.07) is 23.2. The van der Waals surface area contributed by atoms with Gasteiger partial charge in [0.1, 0.15) is 5.69 Å². The molecule has 9 heteroatoms. The van der Waals surface area contributed by atoms with Gasteiger partial charge in [0.05, 0.1) is 13.0 Å². The Kier molecular flexibility index (Phi) is 9.31. The lowest BCUT2D eigenvalue weighted by Crippen LogP contribution is -2.27. The molecule has 2 amide bonds. The zero-order valence-electron chi connectivity index (χ0n) is 21.0. The Morgan fingerprint density at radius 1 is 0.795 bits per heavy atom. The maximum Gasteiger partial charge on any atom is 0.307 e. The molecule has 1 heterocycles. The number of amides is 2. The SMILES string of the molecule is CCOC(=O)CCNC(=O)c1ccc(-c2cc(Cl)ccc2C(=O)Nc2ccc(-c3ccc(Cl)cc3)cc2)cn1. The number of pyridine rings is 1. The van der Waals surface area contributed by atoms with Gasteiger partial charge in [-0.05, 0) is 72.1 Å². The van der Waals surface area contributed by atoms with Gasteiger partial charge in [0.2, 0.25) is 0 Å².